The first-order valence-electron chi connectivity index (χ1n) is 6.21. The maximum atomic E-state index is 12.2. The van der Waals surface area contributed by atoms with Crippen LogP contribution in [0.3, 0.4) is 0 Å². The van der Waals surface area contributed by atoms with E-state index in [1.54, 1.807) is 18.5 Å². The van der Waals surface area contributed by atoms with Gasteiger partial charge in [-0.25, -0.2) is 0 Å². The normalized spacial score (nSPS) is 14.2. The molecule has 0 bridgehead atoms. The van der Waals surface area contributed by atoms with Crippen molar-refractivity contribution in [2.24, 2.45) is 5.92 Å². The standard InChI is InChI=1S/C15H13ClN2O/c16-13-5-6-17-9-14(13)18-15(19)12-7-10-3-1-2-4-11(10)8-12/h1-6,9,12H,7-8H2,(H,18,19). The number of carbonyl (C=O) groups is 1. The average molecular weight is 273 g/mol. The lowest BCUT2D eigenvalue weighted by Gasteiger charge is -2.11. The van der Waals surface area contributed by atoms with E-state index in [4.69, 9.17) is 11.6 Å². The summed E-state index contributed by atoms with van der Waals surface area (Å²) < 4.78 is 0. The Morgan fingerprint density at radius 3 is 2.53 bits per heavy atom. The molecule has 3 nitrogen and oxygen atoms in total. The van der Waals surface area contributed by atoms with Crippen LogP contribution in [0.2, 0.25) is 5.02 Å². The van der Waals surface area contributed by atoms with Crippen molar-refractivity contribution < 1.29 is 4.79 Å². The van der Waals surface area contributed by atoms with Crippen LogP contribution in [-0.2, 0) is 17.6 Å². The first-order valence-corrected chi connectivity index (χ1v) is 6.59. The van der Waals surface area contributed by atoms with Gasteiger partial charge in [-0.3, -0.25) is 9.78 Å². The maximum absolute atomic E-state index is 12.2. The van der Waals surface area contributed by atoms with Gasteiger partial charge in [0.05, 0.1) is 16.9 Å². The Bertz CT molecular complexity index is 602. The van der Waals surface area contributed by atoms with Crippen LogP contribution in [0.5, 0.6) is 0 Å². The monoisotopic (exact) mass is 272 g/mol. The topological polar surface area (TPSA) is 42.0 Å². The van der Waals surface area contributed by atoms with Crippen LogP contribution in [0.1, 0.15) is 11.1 Å². The summed E-state index contributed by atoms with van der Waals surface area (Å²) in [5.74, 6) is -0.0141. The van der Waals surface area contributed by atoms with E-state index in [9.17, 15) is 4.79 Å². The van der Waals surface area contributed by atoms with Crippen molar-refractivity contribution in [2.45, 2.75) is 12.8 Å². The lowest BCUT2D eigenvalue weighted by molar-refractivity contribution is -0.119. The molecule has 0 saturated heterocycles. The Labute approximate surface area is 116 Å². The first kappa shape index (κ1) is 12.2. The Morgan fingerprint density at radius 2 is 1.89 bits per heavy atom. The van der Waals surface area contributed by atoms with Gasteiger partial charge in [-0.05, 0) is 30.0 Å². The fourth-order valence-corrected chi connectivity index (χ4v) is 2.60. The minimum Gasteiger partial charge on any atom is -0.323 e. The average Bonchev–Trinajstić information content (AvgIpc) is 2.85. The van der Waals surface area contributed by atoms with Crippen molar-refractivity contribution in [2.75, 3.05) is 5.32 Å². The quantitative estimate of drug-likeness (QED) is 0.913. The fourth-order valence-electron chi connectivity index (χ4n) is 2.45. The number of nitrogens with one attached hydrogen (secondary N) is 1. The van der Waals surface area contributed by atoms with E-state index in [0.717, 1.165) is 12.8 Å². The molecular weight excluding hydrogens is 260 g/mol. The van der Waals surface area contributed by atoms with E-state index in [0.29, 0.717) is 10.7 Å². The van der Waals surface area contributed by atoms with Crippen LogP contribution in [0.25, 0.3) is 0 Å². The van der Waals surface area contributed by atoms with E-state index in [2.05, 4.69) is 22.4 Å². The first-order chi connectivity index (χ1) is 9.24. The molecule has 96 valence electrons. The van der Waals surface area contributed by atoms with Gasteiger partial charge in [-0.1, -0.05) is 35.9 Å². The number of anilines is 1. The summed E-state index contributed by atoms with van der Waals surface area (Å²) in [4.78, 5) is 16.2. The number of rotatable bonds is 2. The molecule has 4 heteroatoms. The van der Waals surface area contributed by atoms with Gasteiger partial charge in [-0.2, -0.15) is 0 Å². The number of amides is 1. The van der Waals surface area contributed by atoms with Crippen LogP contribution in [-0.4, -0.2) is 10.9 Å². The number of hydrogen-bond acceptors (Lipinski definition) is 2. The predicted octanol–water partition coefficient (Wildman–Crippen LogP) is 3.09. The number of aromatic nitrogens is 1. The number of hydrogen-bond donors (Lipinski definition) is 1. The summed E-state index contributed by atoms with van der Waals surface area (Å²) in [5, 5.41) is 3.37. The van der Waals surface area contributed by atoms with Gasteiger partial charge in [0.25, 0.3) is 0 Å². The zero-order valence-electron chi connectivity index (χ0n) is 10.3. The molecule has 0 fully saturated rings. The summed E-state index contributed by atoms with van der Waals surface area (Å²) in [6, 6.07) is 9.86. The highest BCUT2D eigenvalue weighted by Gasteiger charge is 2.27. The minimum absolute atomic E-state index is 0.00565. The van der Waals surface area contributed by atoms with Crippen molar-refractivity contribution in [3.63, 3.8) is 0 Å². The van der Waals surface area contributed by atoms with Gasteiger partial charge in [0.1, 0.15) is 0 Å². The summed E-state index contributed by atoms with van der Waals surface area (Å²) >= 11 is 6.01. The molecule has 19 heavy (non-hydrogen) atoms. The molecule has 0 radical (unpaired) electrons. The molecule has 1 N–H and O–H groups in total. The summed E-state index contributed by atoms with van der Waals surface area (Å²) in [7, 11) is 0. The number of benzene rings is 1. The molecule has 2 aromatic rings. The molecule has 1 aliphatic carbocycles. The van der Waals surface area contributed by atoms with E-state index >= 15 is 0 Å². The second kappa shape index (κ2) is 5.02. The Kier molecular flexibility index (Phi) is 3.22. The molecule has 0 aliphatic heterocycles. The number of nitrogens with zero attached hydrogens (tertiary/aromatic N) is 1. The lowest BCUT2D eigenvalue weighted by atomic mass is 10.1. The Hall–Kier alpha value is -1.87. The molecule has 1 aromatic heterocycles. The molecule has 1 aliphatic rings. The maximum Gasteiger partial charge on any atom is 0.228 e. The molecule has 0 saturated carbocycles. The summed E-state index contributed by atoms with van der Waals surface area (Å²) in [6.07, 6.45) is 4.76. The third-order valence-electron chi connectivity index (χ3n) is 3.45. The van der Waals surface area contributed by atoms with Crippen molar-refractivity contribution in [3.05, 3.63) is 58.9 Å². The van der Waals surface area contributed by atoms with Crippen molar-refractivity contribution in [3.8, 4) is 0 Å². The zero-order valence-corrected chi connectivity index (χ0v) is 11.0. The molecule has 1 aromatic carbocycles. The van der Waals surface area contributed by atoms with Crippen LogP contribution in [0, 0.1) is 5.92 Å². The van der Waals surface area contributed by atoms with Gasteiger partial charge >= 0.3 is 0 Å². The van der Waals surface area contributed by atoms with Gasteiger partial charge in [0.2, 0.25) is 5.91 Å². The van der Waals surface area contributed by atoms with E-state index in [1.165, 1.54) is 11.1 Å². The summed E-state index contributed by atoms with van der Waals surface area (Å²) in [6.45, 7) is 0. The largest absolute Gasteiger partial charge is 0.323 e. The highest BCUT2D eigenvalue weighted by molar-refractivity contribution is 6.33. The Balaban J connectivity index is 1.72. The smallest absolute Gasteiger partial charge is 0.228 e. The van der Waals surface area contributed by atoms with Gasteiger partial charge in [0, 0.05) is 12.1 Å². The van der Waals surface area contributed by atoms with Gasteiger partial charge in [-0.15, -0.1) is 0 Å². The number of fused-ring (bicyclic) bond motifs is 1. The second-order valence-corrected chi connectivity index (χ2v) is 5.13. The van der Waals surface area contributed by atoms with Crippen molar-refractivity contribution >= 4 is 23.2 Å². The third kappa shape index (κ3) is 2.47. The van der Waals surface area contributed by atoms with E-state index in [-0.39, 0.29) is 11.8 Å². The second-order valence-electron chi connectivity index (χ2n) is 4.72. The minimum atomic E-state index is -0.0197. The van der Waals surface area contributed by atoms with Crippen LogP contribution < -0.4 is 5.32 Å². The number of carbonyl (C=O) groups excluding carboxylic acids is 1. The van der Waals surface area contributed by atoms with Crippen LogP contribution >= 0.6 is 11.6 Å². The third-order valence-corrected chi connectivity index (χ3v) is 3.78. The molecule has 3 rings (SSSR count). The van der Waals surface area contributed by atoms with Crippen LogP contribution in [0.4, 0.5) is 5.69 Å². The SMILES string of the molecule is O=C(Nc1cnccc1Cl)C1Cc2ccccc2C1. The van der Waals surface area contributed by atoms with E-state index < -0.39 is 0 Å². The number of halogens is 1. The number of pyridine rings is 1. The molecule has 0 unspecified atom stereocenters. The molecular formula is C15H13ClN2O. The zero-order chi connectivity index (χ0) is 13.2. The van der Waals surface area contributed by atoms with E-state index in [1.807, 2.05) is 12.1 Å². The highest BCUT2D eigenvalue weighted by atomic mass is 35.5. The van der Waals surface area contributed by atoms with Gasteiger partial charge in [0.15, 0.2) is 0 Å². The molecule has 1 heterocycles. The van der Waals surface area contributed by atoms with Crippen molar-refractivity contribution in [1.29, 1.82) is 0 Å². The predicted molar refractivity (Wildman–Crippen MR) is 75.2 cm³/mol. The van der Waals surface area contributed by atoms with Gasteiger partial charge < -0.3 is 5.32 Å². The lowest BCUT2D eigenvalue weighted by Crippen LogP contribution is -2.23. The van der Waals surface area contributed by atoms with Crippen molar-refractivity contribution in [1.82, 2.24) is 4.98 Å². The Morgan fingerprint density at radius 1 is 1.21 bits per heavy atom. The molecule has 0 atom stereocenters. The highest BCUT2D eigenvalue weighted by Crippen LogP contribution is 2.28. The molecule has 1 amide bonds. The summed E-state index contributed by atoms with van der Waals surface area (Å²) in [5.41, 5.74) is 3.10. The van der Waals surface area contributed by atoms with Crippen LogP contribution in [0.15, 0.2) is 42.7 Å². The fraction of sp³-hybridized carbons (Fsp3) is 0.200. The molecule has 0 spiro atoms.